The molecule has 0 saturated carbocycles. The van der Waals surface area contributed by atoms with E-state index < -0.39 is 0 Å². The minimum absolute atomic E-state index is 0.0519. The first-order chi connectivity index (χ1) is 18.5. The highest BCUT2D eigenvalue weighted by Gasteiger charge is 2.15. The lowest BCUT2D eigenvalue weighted by Gasteiger charge is -2.15. The summed E-state index contributed by atoms with van der Waals surface area (Å²) in [4.78, 5) is 30.9. The van der Waals surface area contributed by atoms with Crippen molar-refractivity contribution in [2.24, 2.45) is 0 Å². The number of nitrogens with zero attached hydrogens (tertiary/aromatic N) is 2. The van der Waals surface area contributed by atoms with E-state index in [-0.39, 0.29) is 17.2 Å². The number of fused-ring (bicyclic) bond motifs is 1. The second kappa shape index (κ2) is 12.4. The molecule has 4 rings (SSSR count). The minimum Gasteiger partial charge on any atom is -0.497 e. The predicted octanol–water partition coefficient (Wildman–Crippen LogP) is 4.40. The number of nitrogens with one attached hydrogen (secondary N) is 1. The first-order valence-electron chi connectivity index (χ1n) is 11.8. The van der Waals surface area contributed by atoms with Crippen LogP contribution in [0.1, 0.15) is 5.56 Å². The number of thioether (sulfide) groups is 1. The summed E-state index contributed by atoms with van der Waals surface area (Å²) < 4.78 is 22.9. The Bertz CT molecular complexity index is 1500. The molecule has 1 aromatic heterocycles. The van der Waals surface area contributed by atoms with Crippen LogP contribution in [0.15, 0.2) is 70.6 Å². The second-order valence-corrected chi connectivity index (χ2v) is 9.15. The Labute approximate surface area is 224 Å². The van der Waals surface area contributed by atoms with Crippen LogP contribution in [0.25, 0.3) is 10.9 Å². The van der Waals surface area contributed by atoms with E-state index in [1.54, 1.807) is 56.2 Å². The van der Waals surface area contributed by atoms with Crippen molar-refractivity contribution in [3.8, 4) is 23.0 Å². The van der Waals surface area contributed by atoms with E-state index in [0.717, 1.165) is 5.56 Å². The van der Waals surface area contributed by atoms with Crippen LogP contribution >= 0.6 is 11.8 Å². The zero-order chi connectivity index (χ0) is 27.1. The summed E-state index contributed by atoms with van der Waals surface area (Å²) in [7, 11) is 6.25. The van der Waals surface area contributed by atoms with Gasteiger partial charge in [-0.05, 0) is 48.4 Å². The zero-order valence-electron chi connectivity index (χ0n) is 21.6. The SMILES string of the molecule is COc1ccc(NC(=O)CSc2nc3ccccc3c(=O)n2CCc2ccc(OC)c(OC)c2)c(OC)c1. The third-order valence-corrected chi connectivity index (χ3v) is 6.89. The number of aryl methyl sites for hydroxylation is 1. The lowest BCUT2D eigenvalue weighted by Crippen LogP contribution is -2.25. The Morgan fingerprint density at radius 2 is 1.66 bits per heavy atom. The number of benzene rings is 3. The fourth-order valence-electron chi connectivity index (χ4n) is 3.95. The summed E-state index contributed by atoms with van der Waals surface area (Å²) in [6.07, 6.45) is 0.559. The number of carbonyl (C=O) groups excluding carboxylic acids is 1. The maximum absolute atomic E-state index is 13.4. The van der Waals surface area contributed by atoms with Crippen LogP contribution in [-0.2, 0) is 17.8 Å². The van der Waals surface area contributed by atoms with Gasteiger partial charge in [0.2, 0.25) is 5.91 Å². The van der Waals surface area contributed by atoms with Crippen molar-refractivity contribution in [3.63, 3.8) is 0 Å². The number of ether oxygens (including phenoxy) is 4. The number of carbonyl (C=O) groups is 1. The van der Waals surface area contributed by atoms with E-state index in [4.69, 9.17) is 23.9 Å². The Hall–Kier alpha value is -4.18. The van der Waals surface area contributed by atoms with Gasteiger partial charge in [-0.2, -0.15) is 0 Å². The van der Waals surface area contributed by atoms with Gasteiger partial charge in [0.05, 0.1) is 50.8 Å². The van der Waals surface area contributed by atoms with Crippen LogP contribution in [0.2, 0.25) is 0 Å². The van der Waals surface area contributed by atoms with Crippen molar-refractivity contribution in [3.05, 3.63) is 76.6 Å². The van der Waals surface area contributed by atoms with E-state index in [1.807, 2.05) is 30.3 Å². The minimum atomic E-state index is -0.257. The van der Waals surface area contributed by atoms with Crippen molar-refractivity contribution >= 4 is 34.3 Å². The number of amides is 1. The summed E-state index contributed by atoms with van der Waals surface area (Å²) in [5.74, 6) is 2.15. The number of hydrogen-bond donors (Lipinski definition) is 1. The highest BCUT2D eigenvalue weighted by molar-refractivity contribution is 7.99. The van der Waals surface area contributed by atoms with Crippen molar-refractivity contribution in [1.82, 2.24) is 9.55 Å². The molecule has 0 saturated heterocycles. The molecule has 0 bridgehead atoms. The van der Waals surface area contributed by atoms with E-state index >= 15 is 0 Å². The van der Waals surface area contributed by atoms with Crippen molar-refractivity contribution in [2.75, 3.05) is 39.5 Å². The zero-order valence-corrected chi connectivity index (χ0v) is 22.5. The molecule has 0 atom stereocenters. The normalized spacial score (nSPS) is 10.7. The molecule has 4 aromatic rings. The third kappa shape index (κ3) is 6.03. The third-order valence-electron chi connectivity index (χ3n) is 5.91. The largest absolute Gasteiger partial charge is 0.497 e. The van der Waals surface area contributed by atoms with Gasteiger partial charge in [0.25, 0.3) is 5.56 Å². The van der Waals surface area contributed by atoms with Gasteiger partial charge in [-0.15, -0.1) is 0 Å². The summed E-state index contributed by atoms with van der Waals surface area (Å²) in [6.45, 7) is 0.377. The van der Waals surface area contributed by atoms with Crippen LogP contribution in [0.4, 0.5) is 5.69 Å². The van der Waals surface area contributed by atoms with E-state index in [1.165, 1.54) is 18.9 Å². The maximum atomic E-state index is 13.4. The van der Waals surface area contributed by atoms with Crippen LogP contribution in [0.5, 0.6) is 23.0 Å². The lowest BCUT2D eigenvalue weighted by atomic mass is 10.1. The number of rotatable bonds is 11. The Balaban J connectivity index is 1.56. The van der Waals surface area contributed by atoms with Gasteiger partial charge < -0.3 is 24.3 Å². The molecule has 10 heteroatoms. The molecule has 1 N–H and O–H groups in total. The highest BCUT2D eigenvalue weighted by atomic mass is 32.2. The fourth-order valence-corrected chi connectivity index (χ4v) is 4.78. The monoisotopic (exact) mass is 535 g/mol. The van der Waals surface area contributed by atoms with Crippen molar-refractivity contribution in [1.29, 1.82) is 0 Å². The molecule has 0 radical (unpaired) electrons. The number of anilines is 1. The van der Waals surface area contributed by atoms with Gasteiger partial charge in [0, 0.05) is 12.6 Å². The van der Waals surface area contributed by atoms with Gasteiger partial charge in [-0.1, -0.05) is 30.0 Å². The summed E-state index contributed by atoms with van der Waals surface area (Å²) >= 11 is 1.20. The predicted molar refractivity (Wildman–Crippen MR) is 148 cm³/mol. The quantitative estimate of drug-likeness (QED) is 0.223. The summed E-state index contributed by atoms with van der Waals surface area (Å²) in [6, 6.07) is 18.0. The molecule has 0 fully saturated rings. The van der Waals surface area contributed by atoms with Crippen molar-refractivity contribution < 1.29 is 23.7 Å². The molecule has 198 valence electrons. The molecule has 0 aliphatic carbocycles. The molecule has 9 nitrogen and oxygen atoms in total. The average Bonchev–Trinajstić information content (AvgIpc) is 2.95. The van der Waals surface area contributed by atoms with Gasteiger partial charge in [0.1, 0.15) is 11.5 Å². The number of hydrogen-bond acceptors (Lipinski definition) is 8. The van der Waals surface area contributed by atoms with E-state index in [0.29, 0.717) is 57.7 Å². The highest BCUT2D eigenvalue weighted by Crippen LogP contribution is 2.30. The number of aromatic nitrogens is 2. The summed E-state index contributed by atoms with van der Waals surface area (Å²) in [5.41, 5.74) is 1.93. The van der Waals surface area contributed by atoms with Crippen LogP contribution in [-0.4, -0.2) is 49.7 Å². The maximum Gasteiger partial charge on any atom is 0.262 e. The van der Waals surface area contributed by atoms with Crippen LogP contribution in [0.3, 0.4) is 0 Å². The van der Waals surface area contributed by atoms with Crippen LogP contribution in [0, 0.1) is 0 Å². The Morgan fingerprint density at radius 1 is 0.895 bits per heavy atom. The lowest BCUT2D eigenvalue weighted by molar-refractivity contribution is -0.113. The summed E-state index contributed by atoms with van der Waals surface area (Å²) in [5, 5.41) is 3.84. The second-order valence-electron chi connectivity index (χ2n) is 8.21. The van der Waals surface area contributed by atoms with Gasteiger partial charge >= 0.3 is 0 Å². The van der Waals surface area contributed by atoms with Crippen molar-refractivity contribution in [2.45, 2.75) is 18.1 Å². The molecular weight excluding hydrogens is 506 g/mol. The Morgan fingerprint density at radius 3 is 2.39 bits per heavy atom. The van der Waals surface area contributed by atoms with Gasteiger partial charge in [0.15, 0.2) is 16.7 Å². The molecule has 1 heterocycles. The molecule has 0 spiro atoms. The smallest absolute Gasteiger partial charge is 0.262 e. The number of methoxy groups -OCH3 is 4. The first-order valence-corrected chi connectivity index (χ1v) is 12.8. The number of para-hydroxylation sites is 1. The van der Waals surface area contributed by atoms with Gasteiger partial charge in [-0.25, -0.2) is 4.98 Å². The topological polar surface area (TPSA) is 101 Å². The fraction of sp³-hybridized carbons (Fsp3) is 0.250. The Kier molecular flexibility index (Phi) is 8.75. The molecule has 3 aromatic carbocycles. The molecule has 0 aliphatic heterocycles. The van der Waals surface area contributed by atoms with Crippen LogP contribution < -0.4 is 29.8 Å². The molecule has 1 amide bonds. The standard InChI is InChI=1S/C28H29N3O6S/c1-34-19-10-11-22(24(16-19)36-3)29-26(32)17-38-28-30-21-8-6-5-7-20(21)27(33)31(28)14-13-18-9-12-23(35-2)25(15-18)37-4/h5-12,15-16H,13-14,17H2,1-4H3,(H,29,32). The molecule has 0 unspecified atom stereocenters. The molecular formula is C28H29N3O6S. The van der Waals surface area contributed by atoms with E-state index in [2.05, 4.69) is 5.32 Å². The molecule has 0 aliphatic rings. The molecule has 38 heavy (non-hydrogen) atoms. The van der Waals surface area contributed by atoms with E-state index in [9.17, 15) is 9.59 Å². The first kappa shape index (κ1) is 26.9. The average molecular weight is 536 g/mol. The van der Waals surface area contributed by atoms with Gasteiger partial charge in [-0.3, -0.25) is 14.2 Å².